The van der Waals surface area contributed by atoms with E-state index in [2.05, 4.69) is 35.7 Å². The van der Waals surface area contributed by atoms with E-state index >= 15 is 0 Å². The van der Waals surface area contributed by atoms with Crippen molar-refractivity contribution in [2.75, 3.05) is 10.8 Å². The number of nitrogens with one attached hydrogen (secondary N) is 2. The highest BCUT2D eigenvalue weighted by molar-refractivity contribution is 5.65. The number of rotatable bonds is 5. The minimum absolute atomic E-state index is 0.119. The Balaban J connectivity index is 1.97. The highest BCUT2D eigenvalue weighted by Crippen LogP contribution is 2.32. The summed E-state index contributed by atoms with van der Waals surface area (Å²) in [7, 11) is 0. The first-order valence-electron chi connectivity index (χ1n) is 9.05. The summed E-state index contributed by atoms with van der Waals surface area (Å²) in [5.41, 5.74) is 2.46. The van der Waals surface area contributed by atoms with Crippen LogP contribution in [0.4, 0.5) is 22.1 Å². The van der Waals surface area contributed by atoms with E-state index in [-0.39, 0.29) is 23.3 Å². The molecule has 2 aromatic rings. The molecule has 1 aliphatic carbocycles. The van der Waals surface area contributed by atoms with E-state index in [1.54, 1.807) is 19.2 Å². The van der Waals surface area contributed by atoms with Crippen molar-refractivity contribution >= 4 is 23.3 Å². The molecule has 3 N–H and O–H groups in total. The lowest BCUT2D eigenvalue weighted by Gasteiger charge is -2.21. The third kappa shape index (κ3) is 5.17. The Morgan fingerprint density at radius 3 is 2.64 bits per heavy atom. The van der Waals surface area contributed by atoms with Gasteiger partial charge < -0.3 is 10.4 Å². The van der Waals surface area contributed by atoms with Crippen LogP contribution in [0.15, 0.2) is 18.1 Å². The third-order valence-corrected chi connectivity index (χ3v) is 3.85. The zero-order chi connectivity index (χ0) is 20.3. The van der Waals surface area contributed by atoms with Crippen molar-refractivity contribution in [3.63, 3.8) is 0 Å². The molecule has 0 saturated heterocycles. The number of hydrogen-bond acceptors (Lipinski definition) is 9. The summed E-state index contributed by atoms with van der Waals surface area (Å²) in [6.07, 6.45) is 1.92. The normalized spacial score (nSPS) is 17.6. The molecule has 0 aromatic carbocycles. The largest absolute Gasteiger partial charge is 0.386 e. The summed E-state index contributed by atoms with van der Waals surface area (Å²) in [4.78, 5) is 26.7. The molecule has 1 atom stereocenters. The Morgan fingerprint density at radius 2 is 1.93 bits per heavy atom. The van der Waals surface area contributed by atoms with Crippen LogP contribution in [-0.4, -0.2) is 41.7 Å². The molecule has 2 aromatic heterocycles. The number of hydrogen-bond donors (Lipinski definition) is 3. The van der Waals surface area contributed by atoms with Crippen molar-refractivity contribution < 1.29 is 14.3 Å². The number of aryl methyl sites for hydroxylation is 1. The number of anilines is 3. The zero-order valence-electron chi connectivity index (χ0n) is 16.3. The van der Waals surface area contributed by atoms with Crippen LogP contribution in [0, 0.1) is 6.92 Å². The van der Waals surface area contributed by atoms with Gasteiger partial charge in [0.2, 0.25) is 5.95 Å². The fourth-order valence-electron chi connectivity index (χ4n) is 2.59. The maximum absolute atomic E-state index is 14.5. The number of aliphatic hydroxyl groups is 1. The second kappa shape index (κ2) is 8.11. The maximum atomic E-state index is 14.5. The second-order valence-electron chi connectivity index (χ2n) is 7.47. The Bertz CT molecular complexity index is 882. The number of aromatic nitrogens is 5. The van der Waals surface area contributed by atoms with E-state index < -0.39 is 17.5 Å². The zero-order valence-corrected chi connectivity index (χ0v) is 16.3. The van der Waals surface area contributed by atoms with Gasteiger partial charge in [0.15, 0.2) is 5.82 Å². The van der Waals surface area contributed by atoms with Crippen LogP contribution in [0.25, 0.3) is 5.57 Å². The van der Waals surface area contributed by atoms with Crippen LogP contribution in [0.3, 0.4) is 0 Å². The summed E-state index contributed by atoms with van der Waals surface area (Å²) in [6, 6.07) is 1.67. The Labute approximate surface area is 162 Å². The molecule has 0 fully saturated rings. The molecule has 9 nitrogen and oxygen atoms in total. The van der Waals surface area contributed by atoms with Crippen LogP contribution in [0.1, 0.15) is 51.7 Å². The van der Waals surface area contributed by atoms with Gasteiger partial charge in [-0.3, -0.25) is 4.84 Å². The molecule has 0 aliphatic heterocycles. The summed E-state index contributed by atoms with van der Waals surface area (Å²) in [5.74, 6) is 0.892. The minimum Gasteiger partial charge on any atom is -0.386 e. The first-order chi connectivity index (χ1) is 13.2. The monoisotopic (exact) mass is 389 g/mol. The molecule has 0 spiro atoms. The van der Waals surface area contributed by atoms with E-state index in [1.165, 1.54) is 0 Å². The first-order valence-corrected chi connectivity index (χ1v) is 9.05. The van der Waals surface area contributed by atoms with Gasteiger partial charge in [0.05, 0.1) is 5.60 Å². The average molecular weight is 389 g/mol. The molecular weight excluding hydrogens is 365 g/mol. The van der Waals surface area contributed by atoms with Crippen molar-refractivity contribution in [1.82, 2.24) is 24.9 Å². The third-order valence-electron chi connectivity index (χ3n) is 3.85. The van der Waals surface area contributed by atoms with Crippen molar-refractivity contribution in [1.29, 1.82) is 0 Å². The fourth-order valence-corrected chi connectivity index (χ4v) is 2.59. The van der Waals surface area contributed by atoms with Gasteiger partial charge in [-0.15, -0.1) is 0 Å². The fraction of sp³-hybridized carbons (Fsp3) is 0.500. The van der Waals surface area contributed by atoms with Crippen LogP contribution in [0.2, 0.25) is 0 Å². The van der Waals surface area contributed by atoms with Gasteiger partial charge >= 0.3 is 0 Å². The van der Waals surface area contributed by atoms with E-state index in [0.29, 0.717) is 30.9 Å². The van der Waals surface area contributed by atoms with Gasteiger partial charge in [-0.2, -0.15) is 15.0 Å². The lowest BCUT2D eigenvalue weighted by molar-refractivity contribution is 0.0358. The highest BCUT2D eigenvalue weighted by atomic mass is 19.1. The summed E-state index contributed by atoms with van der Waals surface area (Å²) < 4.78 is 14.5. The molecule has 0 radical (unpaired) electrons. The molecule has 3 rings (SSSR count). The van der Waals surface area contributed by atoms with Gasteiger partial charge in [0.1, 0.15) is 23.6 Å². The molecule has 1 unspecified atom stereocenters. The van der Waals surface area contributed by atoms with Crippen LogP contribution >= 0.6 is 0 Å². The summed E-state index contributed by atoms with van der Waals surface area (Å²) in [6.45, 7) is 7.36. The molecule has 2 heterocycles. The highest BCUT2D eigenvalue weighted by Gasteiger charge is 2.25. The number of allylic oxidation sites excluding steroid dienone is 1. The number of aliphatic hydroxyl groups excluding tert-OH is 1. The summed E-state index contributed by atoms with van der Waals surface area (Å²) in [5, 5.41) is 12.8. The van der Waals surface area contributed by atoms with Crippen LogP contribution in [-0.2, 0) is 4.84 Å². The SMILES string of the molecule is Cc1nccc(Nc2nc(NOC(C)(C)C)nc(C3=C(F)C(O)CCC3)n2)n1. The average Bonchev–Trinajstić information content (AvgIpc) is 2.61. The molecule has 10 heteroatoms. The van der Waals surface area contributed by atoms with Crippen LogP contribution in [0.5, 0.6) is 0 Å². The molecule has 1 aliphatic rings. The molecular formula is C18H24FN7O2. The minimum atomic E-state index is -1.14. The predicted octanol–water partition coefficient (Wildman–Crippen LogP) is 3.08. The lowest BCUT2D eigenvalue weighted by Crippen LogP contribution is -2.24. The standard InChI is InChI=1S/C18H24FN7O2/c1-10-20-9-8-13(21-10)22-16-23-15(11-6-5-7-12(27)14(11)19)24-17(25-16)26-28-18(2,3)4/h8-9,12,27H,5-7H2,1-4H3,(H2,20,21,22,23,24,25,26). The molecule has 150 valence electrons. The van der Waals surface area contributed by atoms with E-state index in [4.69, 9.17) is 4.84 Å². The quantitative estimate of drug-likeness (QED) is 0.663. The molecule has 0 amide bonds. The van der Waals surface area contributed by atoms with Crippen molar-refractivity contribution in [3.8, 4) is 0 Å². The van der Waals surface area contributed by atoms with Crippen LogP contribution < -0.4 is 10.8 Å². The van der Waals surface area contributed by atoms with Gasteiger partial charge in [-0.1, -0.05) is 0 Å². The topological polar surface area (TPSA) is 118 Å². The van der Waals surface area contributed by atoms with Crippen molar-refractivity contribution in [2.24, 2.45) is 0 Å². The molecule has 0 bridgehead atoms. The van der Waals surface area contributed by atoms with E-state index in [9.17, 15) is 9.50 Å². The Hall–Kier alpha value is -2.72. The predicted molar refractivity (Wildman–Crippen MR) is 102 cm³/mol. The Morgan fingerprint density at radius 1 is 1.18 bits per heavy atom. The summed E-state index contributed by atoms with van der Waals surface area (Å²) >= 11 is 0. The van der Waals surface area contributed by atoms with Gasteiger partial charge in [-0.05, 0) is 53.0 Å². The van der Waals surface area contributed by atoms with E-state index in [1.807, 2.05) is 20.8 Å². The smallest absolute Gasteiger partial charge is 0.252 e. The maximum Gasteiger partial charge on any atom is 0.252 e. The second-order valence-corrected chi connectivity index (χ2v) is 7.47. The van der Waals surface area contributed by atoms with Gasteiger partial charge in [0, 0.05) is 11.8 Å². The van der Waals surface area contributed by atoms with Crippen molar-refractivity contribution in [3.05, 3.63) is 29.7 Å². The lowest BCUT2D eigenvalue weighted by atomic mass is 9.96. The van der Waals surface area contributed by atoms with Crippen molar-refractivity contribution in [2.45, 2.75) is 58.7 Å². The number of nitrogens with zero attached hydrogens (tertiary/aromatic N) is 5. The van der Waals surface area contributed by atoms with E-state index in [0.717, 1.165) is 0 Å². The number of halogens is 1. The molecule has 0 saturated carbocycles. The first kappa shape index (κ1) is 20.0. The Kier molecular flexibility index (Phi) is 5.80. The molecule has 28 heavy (non-hydrogen) atoms. The van der Waals surface area contributed by atoms with Gasteiger partial charge in [0.25, 0.3) is 5.95 Å². The van der Waals surface area contributed by atoms with Gasteiger partial charge in [-0.25, -0.2) is 19.8 Å².